The predicted molar refractivity (Wildman–Crippen MR) is 110 cm³/mol. The van der Waals surface area contributed by atoms with E-state index in [1.54, 1.807) is 48.2 Å². The summed E-state index contributed by atoms with van der Waals surface area (Å²) in [6.45, 7) is 4.39. The average molecular weight is 394 g/mol. The molecule has 1 heterocycles. The highest BCUT2D eigenvalue weighted by molar-refractivity contribution is 5.94. The van der Waals surface area contributed by atoms with Crippen LogP contribution in [0.3, 0.4) is 0 Å². The van der Waals surface area contributed by atoms with Gasteiger partial charge in [0.1, 0.15) is 5.75 Å². The fourth-order valence-corrected chi connectivity index (χ4v) is 3.38. The first-order chi connectivity index (χ1) is 13.9. The molecule has 0 spiro atoms. The minimum absolute atomic E-state index is 0.0112. The Kier molecular flexibility index (Phi) is 6.65. The quantitative estimate of drug-likeness (QED) is 0.764. The van der Waals surface area contributed by atoms with Crippen LogP contribution in [0.4, 0.5) is 0 Å². The molecule has 1 N–H and O–H groups in total. The van der Waals surface area contributed by atoms with Crippen molar-refractivity contribution in [2.75, 3.05) is 13.1 Å². The number of likely N-dealkylation sites (tertiary alicyclic amines) is 1. The Balaban J connectivity index is 1.47. The lowest BCUT2D eigenvalue weighted by Gasteiger charge is -2.33. The summed E-state index contributed by atoms with van der Waals surface area (Å²) in [6, 6.07) is 16.0. The standard InChI is InChI=1S/C23H26N2O4/c1-16(26)18-8-10-21(11-9-18)29-17(2)23(28)25-14-12-20(13-15-25)24-22(27)19-6-4-3-5-7-19/h3-11,17,20H,12-15H2,1-2H3,(H,24,27)/t17-/m0/s1. The number of carbonyl (C=O) groups is 3. The van der Waals surface area contributed by atoms with Gasteiger partial charge in [-0.2, -0.15) is 0 Å². The molecule has 2 aromatic rings. The summed E-state index contributed by atoms with van der Waals surface area (Å²) in [5.41, 5.74) is 1.25. The molecule has 0 radical (unpaired) electrons. The van der Waals surface area contributed by atoms with Crippen molar-refractivity contribution in [1.29, 1.82) is 0 Å². The van der Waals surface area contributed by atoms with Crippen LogP contribution in [0, 0.1) is 0 Å². The third kappa shape index (κ3) is 5.44. The lowest BCUT2D eigenvalue weighted by Crippen LogP contribution is -2.49. The maximum absolute atomic E-state index is 12.7. The molecule has 6 heteroatoms. The van der Waals surface area contributed by atoms with Gasteiger partial charge in [0.15, 0.2) is 11.9 Å². The molecule has 0 aliphatic carbocycles. The number of nitrogens with zero attached hydrogens (tertiary/aromatic N) is 1. The molecule has 1 atom stereocenters. The second kappa shape index (κ2) is 9.37. The molecule has 1 fully saturated rings. The molecule has 0 aromatic heterocycles. The van der Waals surface area contributed by atoms with E-state index in [-0.39, 0.29) is 23.6 Å². The molecule has 0 unspecified atom stereocenters. The fraction of sp³-hybridized carbons (Fsp3) is 0.348. The number of carbonyl (C=O) groups excluding carboxylic acids is 3. The molecule has 1 aliphatic heterocycles. The van der Waals surface area contributed by atoms with Crippen LogP contribution < -0.4 is 10.1 Å². The van der Waals surface area contributed by atoms with Crippen molar-refractivity contribution in [3.8, 4) is 5.75 Å². The largest absolute Gasteiger partial charge is 0.481 e. The van der Waals surface area contributed by atoms with Crippen LogP contribution in [0.5, 0.6) is 5.75 Å². The van der Waals surface area contributed by atoms with Crippen LogP contribution in [-0.4, -0.2) is 47.7 Å². The Labute approximate surface area is 170 Å². The van der Waals surface area contributed by atoms with E-state index in [2.05, 4.69) is 5.32 Å². The van der Waals surface area contributed by atoms with Gasteiger partial charge in [-0.1, -0.05) is 18.2 Å². The Morgan fingerprint density at radius 1 is 0.966 bits per heavy atom. The summed E-state index contributed by atoms with van der Waals surface area (Å²) in [7, 11) is 0. The van der Waals surface area contributed by atoms with E-state index in [4.69, 9.17) is 4.74 Å². The number of amides is 2. The topological polar surface area (TPSA) is 75.7 Å². The molecule has 3 rings (SSSR count). The average Bonchev–Trinajstić information content (AvgIpc) is 2.74. The summed E-state index contributed by atoms with van der Waals surface area (Å²) >= 11 is 0. The number of ether oxygens (including phenoxy) is 1. The highest BCUT2D eigenvalue weighted by Gasteiger charge is 2.27. The number of hydrogen-bond donors (Lipinski definition) is 1. The van der Waals surface area contributed by atoms with Gasteiger partial charge >= 0.3 is 0 Å². The van der Waals surface area contributed by atoms with Gasteiger partial charge in [-0.25, -0.2) is 0 Å². The summed E-state index contributed by atoms with van der Waals surface area (Å²) in [5, 5.41) is 3.04. The first-order valence-electron chi connectivity index (χ1n) is 9.86. The number of piperidine rings is 1. The second-order valence-electron chi connectivity index (χ2n) is 7.28. The van der Waals surface area contributed by atoms with Crippen LogP contribution >= 0.6 is 0 Å². The lowest BCUT2D eigenvalue weighted by atomic mass is 10.0. The Morgan fingerprint density at radius 3 is 2.17 bits per heavy atom. The molecule has 0 saturated carbocycles. The van der Waals surface area contributed by atoms with Gasteiger partial charge in [-0.05, 0) is 63.1 Å². The number of nitrogens with one attached hydrogen (secondary N) is 1. The van der Waals surface area contributed by atoms with E-state index >= 15 is 0 Å². The number of benzene rings is 2. The fourth-order valence-electron chi connectivity index (χ4n) is 3.38. The normalized spacial score (nSPS) is 15.4. The molecule has 2 amide bonds. The Hall–Kier alpha value is -3.15. The van der Waals surface area contributed by atoms with Crippen LogP contribution in [0.2, 0.25) is 0 Å². The summed E-state index contributed by atoms with van der Waals surface area (Å²) < 4.78 is 5.74. The van der Waals surface area contributed by atoms with Gasteiger partial charge < -0.3 is 15.0 Å². The SMILES string of the molecule is CC(=O)c1ccc(O[C@@H](C)C(=O)N2CCC(NC(=O)c3ccccc3)CC2)cc1. The molecule has 2 aromatic carbocycles. The number of ketones is 1. The van der Waals surface area contributed by atoms with Crippen molar-refractivity contribution < 1.29 is 19.1 Å². The van der Waals surface area contributed by atoms with E-state index in [0.717, 1.165) is 0 Å². The second-order valence-corrected chi connectivity index (χ2v) is 7.28. The van der Waals surface area contributed by atoms with Crippen LogP contribution in [-0.2, 0) is 4.79 Å². The highest BCUT2D eigenvalue weighted by atomic mass is 16.5. The zero-order chi connectivity index (χ0) is 20.8. The first-order valence-corrected chi connectivity index (χ1v) is 9.86. The van der Waals surface area contributed by atoms with Crippen molar-refractivity contribution in [2.24, 2.45) is 0 Å². The van der Waals surface area contributed by atoms with Crippen LogP contribution in [0.1, 0.15) is 47.4 Å². The number of hydrogen-bond acceptors (Lipinski definition) is 4. The van der Waals surface area contributed by atoms with Gasteiger partial charge in [0.25, 0.3) is 11.8 Å². The van der Waals surface area contributed by atoms with Gasteiger partial charge in [0, 0.05) is 30.3 Å². The predicted octanol–water partition coefficient (Wildman–Crippen LogP) is 3.08. The zero-order valence-electron chi connectivity index (χ0n) is 16.8. The highest BCUT2D eigenvalue weighted by Crippen LogP contribution is 2.17. The van der Waals surface area contributed by atoms with Gasteiger partial charge in [-0.15, -0.1) is 0 Å². The van der Waals surface area contributed by atoms with Crippen molar-refractivity contribution in [3.63, 3.8) is 0 Å². The minimum atomic E-state index is -0.617. The first kappa shape index (κ1) is 20.6. The number of Topliss-reactive ketones (excluding diaryl/α,β-unsaturated/α-hetero) is 1. The van der Waals surface area contributed by atoms with E-state index < -0.39 is 6.10 Å². The molecule has 6 nitrogen and oxygen atoms in total. The molecular formula is C23H26N2O4. The van der Waals surface area contributed by atoms with Gasteiger partial charge in [0.2, 0.25) is 0 Å². The summed E-state index contributed by atoms with van der Waals surface area (Å²) in [5.74, 6) is 0.387. The maximum atomic E-state index is 12.7. The van der Waals surface area contributed by atoms with E-state index in [1.807, 2.05) is 18.2 Å². The summed E-state index contributed by atoms with van der Waals surface area (Å²) in [4.78, 5) is 38.1. The lowest BCUT2D eigenvalue weighted by molar-refractivity contribution is -0.139. The van der Waals surface area contributed by atoms with E-state index in [1.165, 1.54) is 6.92 Å². The molecule has 1 aliphatic rings. The Bertz CT molecular complexity index is 856. The molecule has 29 heavy (non-hydrogen) atoms. The summed E-state index contributed by atoms with van der Waals surface area (Å²) in [6.07, 6.45) is 0.808. The van der Waals surface area contributed by atoms with Crippen LogP contribution in [0.15, 0.2) is 54.6 Å². The number of rotatable bonds is 6. The van der Waals surface area contributed by atoms with Gasteiger partial charge in [0.05, 0.1) is 0 Å². The zero-order valence-corrected chi connectivity index (χ0v) is 16.8. The van der Waals surface area contributed by atoms with Crippen molar-refractivity contribution in [1.82, 2.24) is 10.2 Å². The van der Waals surface area contributed by atoms with Crippen molar-refractivity contribution >= 4 is 17.6 Å². The molecular weight excluding hydrogens is 368 g/mol. The Morgan fingerprint density at radius 2 is 1.59 bits per heavy atom. The van der Waals surface area contributed by atoms with Crippen molar-refractivity contribution in [2.45, 2.75) is 38.8 Å². The molecule has 0 bridgehead atoms. The molecule has 152 valence electrons. The van der Waals surface area contributed by atoms with E-state index in [9.17, 15) is 14.4 Å². The van der Waals surface area contributed by atoms with E-state index in [0.29, 0.717) is 42.8 Å². The monoisotopic (exact) mass is 394 g/mol. The molecule has 1 saturated heterocycles. The third-order valence-corrected chi connectivity index (χ3v) is 5.10. The van der Waals surface area contributed by atoms with Gasteiger partial charge in [-0.3, -0.25) is 14.4 Å². The smallest absolute Gasteiger partial charge is 0.263 e. The van der Waals surface area contributed by atoms with Crippen LogP contribution in [0.25, 0.3) is 0 Å². The maximum Gasteiger partial charge on any atom is 0.263 e. The van der Waals surface area contributed by atoms with Crippen molar-refractivity contribution in [3.05, 3.63) is 65.7 Å². The minimum Gasteiger partial charge on any atom is -0.481 e. The third-order valence-electron chi connectivity index (χ3n) is 5.10.